The number of esters is 2. The summed E-state index contributed by atoms with van der Waals surface area (Å²) in [5.74, 6) is -1.07. The van der Waals surface area contributed by atoms with Crippen LogP contribution in [0.1, 0.15) is 123 Å². The molecule has 0 aromatic rings. The van der Waals surface area contributed by atoms with Gasteiger partial charge in [0.15, 0.2) is 6.10 Å². The first-order valence-electron chi connectivity index (χ1n) is 20.3. The van der Waals surface area contributed by atoms with Crippen LogP contribution in [-0.4, -0.2) is 76.9 Å². The number of hydrogen-bond donors (Lipinski definition) is 4. The number of rotatable bonds is 36. The number of ether oxygens (including phenoxy) is 2. The van der Waals surface area contributed by atoms with E-state index in [-0.39, 0.29) is 19.4 Å². The van der Waals surface area contributed by atoms with Crippen LogP contribution in [0.4, 0.5) is 0 Å². The van der Waals surface area contributed by atoms with Crippen molar-refractivity contribution in [1.29, 1.82) is 0 Å². The normalized spacial score (nSPS) is 15.5. The number of hydrogen-bond acceptors (Lipinski definition) is 10. The fraction of sp³-hybridized carbons (Fsp3) is 0.591. The van der Waals surface area contributed by atoms with E-state index >= 15 is 0 Å². The van der Waals surface area contributed by atoms with Gasteiger partial charge in [0.2, 0.25) is 0 Å². The zero-order valence-electron chi connectivity index (χ0n) is 33.9. The minimum absolute atomic E-state index is 0.110. The molecule has 0 aliphatic carbocycles. The summed E-state index contributed by atoms with van der Waals surface area (Å²) >= 11 is 0. The summed E-state index contributed by atoms with van der Waals surface area (Å²) < 4.78 is 32.5. The maximum Gasteiger partial charge on any atom is 0.472 e. The van der Waals surface area contributed by atoms with E-state index in [1.54, 1.807) is 6.08 Å². The largest absolute Gasteiger partial charge is 0.472 e. The summed E-state index contributed by atoms with van der Waals surface area (Å²) in [6.07, 6.45) is 43.3. The lowest BCUT2D eigenvalue weighted by atomic mass is 10.1. The molecule has 0 bridgehead atoms. The monoisotopic (exact) mass is 806 g/mol. The molecule has 0 fully saturated rings. The zero-order chi connectivity index (χ0) is 41.4. The molecule has 0 rings (SSSR count). The lowest BCUT2D eigenvalue weighted by Crippen LogP contribution is -2.29. The smallest absolute Gasteiger partial charge is 0.462 e. The highest BCUT2D eigenvalue weighted by molar-refractivity contribution is 7.47. The molecule has 1 unspecified atom stereocenters. The van der Waals surface area contributed by atoms with E-state index in [4.69, 9.17) is 19.1 Å². The Balaban J connectivity index is 4.54. The number of unbranched alkanes of at least 4 members (excludes halogenated alkanes) is 6. The molecular weight excluding hydrogens is 735 g/mol. The van der Waals surface area contributed by atoms with Crippen molar-refractivity contribution in [3.05, 3.63) is 97.2 Å². The van der Waals surface area contributed by atoms with Crippen molar-refractivity contribution in [2.75, 3.05) is 26.4 Å². The van der Waals surface area contributed by atoms with Gasteiger partial charge < -0.3 is 29.7 Å². The zero-order valence-corrected chi connectivity index (χ0v) is 34.8. The van der Waals surface area contributed by atoms with Crippen molar-refractivity contribution in [3.63, 3.8) is 0 Å². The summed E-state index contributed by atoms with van der Waals surface area (Å²) in [6, 6.07) is 0. The molecule has 12 heteroatoms. The van der Waals surface area contributed by atoms with Crippen LogP contribution < -0.4 is 0 Å². The molecule has 0 aromatic heterocycles. The van der Waals surface area contributed by atoms with Gasteiger partial charge in [-0.25, -0.2) is 4.57 Å². The van der Waals surface area contributed by atoms with Crippen molar-refractivity contribution in [2.24, 2.45) is 0 Å². The number of phosphoric ester groups is 1. The second-order valence-corrected chi connectivity index (χ2v) is 14.6. The SMILES string of the molecule is CCCCC/C=C\C/C=C\C/C=C\CCCCC(=O)O[C@H](COC(=O)CCC/C=C\C/C=C\C/C=C\C/C=C\C=C\[C@@H](O)CC)COP(=O)(O)OC[C@@H](O)CO. The number of allylic oxidation sites excluding steroid dienone is 15. The highest BCUT2D eigenvalue weighted by Gasteiger charge is 2.27. The minimum Gasteiger partial charge on any atom is -0.462 e. The summed E-state index contributed by atoms with van der Waals surface area (Å²) in [5.41, 5.74) is 0. The number of carbonyl (C=O) groups is 2. The molecule has 0 saturated heterocycles. The van der Waals surface area contributed by atoms with Crippen LogP contribution in [0.5, 0.6) is 0 Å². The summed E-state index contributed by atoms with van der Waals surface area (Å²) in [5, 5.41) is 27.8. The van der Waals surface area contributed by atoms with Gasteiger partial charge in [-0.15, -0.1) is 0 Å². The summed E-state index contributed by atoms with van der Waals surface area (Å²) in [4.78, 5) is 34.9. The fourth-order valence-electron chi connectivity index (χ4n) is 4.57. The highest BCUT2D eigenvalue weighted by atomic mass is 31.2. The Hall–Kier alpha value is -3.15. The van der Waals surface area contributed by atoms with Gasteiger partial charge in [0.1, 0.15) is 12.7 Å². The van der Waals surface area contributed by atoms with Gasteiger partial charge >= 0.3 is 19.8 Å². The predicted molar refractivity (Wildman–Crippen MR) is 225 cm³/mol. The van der Waals surface area contributed by atoms with Crippen molar-refractivity contribution in [2.45, 2.75) is 141 Å². The van der Waals surface area contributed by atoms with Gasteiger partial charge in [-0.2, -0.15) is 0 Å². The van der Waals surface area contributed by atoms with Gasteiger partial charge in [0.25, 0.3) is 0 Å². The minimum atomic E-state index is -4.65. The van der Waals surface area contributed by atoms with Crippen LogP contribution in [0.2, 0.25) is 0 Å². The average molecular weight is 807 g/mol. The van der Waals surface area contributed by atoms with E-state index < -0.39 is 57.9 Å². The Bertz CT molecular complexity index is 1270. The molecule has 0 aliphatic rings. The standard InChI is InChI=1S/C44H71O11P/c1-3-5-6-7-8-9-10-11-12-17-20-23-26-29-32-35-44(49)55-42(39-54-56(50,51)53-37-41(47)36-45)38-52-43(48)34-31-28-25-22-19-16-14-13-15-18-21-24-27-30-33-40(46)4-2/h8-9,11-12,14-16,18,20,22-25,27,30,33,40-42,45-47H,3-7,10,13,17,19,21,26,28-29,31-32,34-39H2,1-2H3,(H,50,51)/b9-8-,12-11-,16-14-,18-15-,23-20-,25-22-,27-24-,33-30+/t40-,41-,42+/m0/s1. The Morgan fingerprint density at radius 2 is 1.11 bits per heavy atom. The Labute approximate surface area is 336 Å². The molecule has 4 N–H and O–H groups in total. The molecular formula is C44H71O11P. The van der Waals surface area contributed by atoms with Crippen molar-refractivity contribution in [1.82, 2.24) is 0 Å². The Morgan fingerprint density at radius 1 is 0.607 bits per heavy atom. The maximum absolute atomic E-state index is 12.6. The van der Waals surface area contributed by atoms with Crippen molar-refractivity contribution in [3.8, 4) is 0 Å². The highest BCUT2D eigenvalue weighted by Crippen LogP contribution is 2.43. The van der Waals surface area contributed by atoms with Gasteiger partial charge in [-0.1, -0.05) is 124 Å². The van der Waals surface area contributed by atoms with E-state index in [0.717, 1.165) is 51.4 Å². The van der Waals surface area contributed by atoms with Crippen LogP contribution in [0.3, 0.4) is 0 Å². The van der Waals surface area contributed by atoms with E-state index in [0.29, 0.717) is 25.7 Å². The average Bonchev–Trinajstić information content (AvgIpc) is 3.19. The van der Waals surface area contributed by atoms with E-state index in [2.05, 4.69) is 72.2 Å². The molecule has 318 valence electrons. The van der Waals surface area contributed by atoms with Crippen LogP contribution in [-0.2, 0) is 32.7 Å². The Morgan fingerprint density at radius 3 is 1.66 bits per heavy atom. The third-order valence-electron chi connectivity index (χ3n) is 7.88. The molecule has 56 heavy (non-hydrogen) atoms. The molecule has 0 spiro atoms. The van der Waals surface area contributed by atoms with E-state index in [1.165, 1.54) is 19.3 Å². The molecule has 0 heterocycles. The third-order valence-corrected chi connectivity index (χ3v) is 8.83. The van der Waals surface area contributed by atoms with Crippen LogP contribution in [0.15, 0.2) is 97.2 Å². The van der Waals surface area contributed by atoms with Crippen LogP contribution in [0, 0.1) is 0 Å². The second kappa shape index (κ2) is 38.7. The first kappa shape index (κ1) is 52.9. The number of phosphoric acid groups is 1. The second-order valence-electron chi connectivity index (χ2n) is 13.1. The lowest BCUT2D eigenvalue weighted by Gasteiger charge is -2.20. The fourth-order valence-corrected chi connectivity index (χ4v) is 5.36. The van der Waals surface area contributed by atoms with E-state index in [1.807, 2.05) is 37.3 Å². The number of aliphatic hydroxyl groups excluding tert-OH is 3. The molecule has 11 nitrogen and oxygen atoms in total. The first-order chi connectivity index (χ1) is 27.1. The number of aliphatic hydroxyl groups is 3. The Kier molecular flexibility index (Phi) is 36.5. The molecule has 0 aromatic carbocycles. The van der Waals surface area contributed by atoms with Gasteiger partial charge in [0, 0.05) is 12.8 Å². The third kappa shape index (κ3) is 37.8. The molecule has 0 amide bonds. The summed E-state index contributed by atoms with van der Waals surface area (Å²) in [6.45, 7) is 1.86. The lowest BCUT2D eigenvalue weighted by molar-refractivity contribution is -0.161. The van der Waals surface area contributed by atoms with Crippen LogP contribution >= 0.6 is 7.82 Å². The van der Waals surface area contributed by atoms with Crippen molar-refractivity contribution < 1.29 is 52.9 Å². The van der Waals surface area contributed by atoms with E-state index in [9.17, 15) is 29.3 Å². The quantitative estimate of drug-likeness (QED) is 0.0156. The molecule has 0 aliphatic heterocycles. The predicted octanol–water partition coefficient (Wildman–Crippen LogP) is 9.41. The maximum atomic E-state index is 12.6. The summed E-state index contributed by atoms with van der Waals surface area (Å²) in [7, 11) is -4.65. The van der Waals surface area contributed by atoms with Gasteiger partial charge in [-0.05, 0) is 83.5 Å². The molecule has 4 atom stereocenters. The van der Waals surface area contributed by atoms with Gasteiger partial charge in [0.05, 0.1) is 25.9 Å². The molecule has 0 radical (unpaired) electrons. The molecule has 0 saturated carbocycles. The number of carbonyl (C=O) groups excluding carboxylic acids is 2. The van der Waals surface area contributed by atoms with Crippen molar-refractivity contribution >= 4 is 19.8 Å². The van der Waals surface area contributed by atoms with Gasteiger partial charge in [-0.3, -0.25) is 18.6 Å². The van der Waals surface area contributed by atoms with Crippen LogP contribution in [0.25, 0.3) is 0 Å². The topological polar surface area (TPSA) is 169 Å². The first-order valence-corrected chi connectivity index (χ1v) is 21.8.